The second-order valence-corrected chi connectivity index (χ2v) is 5.75. The van der Waals surface area contributed by atoms with Crippen molar-refractivity contribution in [3.63, 3.8) is 0 Å². The molecule has 26 heavy (non-hydrogen) atoms. The number of benzene rings is 2. The lowest BCUT2D eigenvalue weighted by molar-refractivity contribution is -0.385. The summed E-state index contributed by atoms with van der Waals surface area (Å²) in [6.45, 7) is 6.59. The molecule has 0 bridgehead atoms. The highest BCUT2D eigenvalue weighted by Gasteiger charge is 2.18. The van der Waals surface area contributed by atoms with Gasteiger partial charge in [0.1, 0.15) is 12.4 Å². The third-order valence-electron chi connectivity index (χ3n) is 3.69. The van der Waals surface area contributed by atoms with Gasteiger partial charge in [0, 0.05) is 11.6 Å². The first kappa shape index (κ1) is 19.2. The third kappa shape index (κ3) is 4.95. The number of aryl methyl sites for hydroxylation is 2. The fraction of sp³-hybridized carbons (Fsp3) is 0.316. The fourth-order valence-electron chi connectivity index (χ4n) is 2.47. The third-order valence-corrected chi connectivity index (χ3v) is 3.69. The zero-order valence-corrected chi connectivity index (χ0v) is 15.1. The Morgan fingerprint density at radius 2 is 1.85 bits per heavy atom. The van der Waals surface area contributed by atoms with Gasteiger partial charge in [0.25, 0.3) is 5.91 Å². The standard InChI is InChI=1S/C19H22N2O5/c1-4-25-18-8-6-15(12-16(18)21(23)24)19(22)20-9-10-26-17-7-5-13(2)11-14(17)3/h5-8,11-12H,4,9-10H2,1-3H3,(H,20,22). The minimum atomic E-state index is -0.564. The van der Waals surface area contributed by atoms with Crippen molar-refractivity contribution in [2.75, 3.05) is 19.8 Å². The molecule has 0 spiro atoms. The first-order valence-corrected chi connectivity index (χ1v) is 8.32. The number of ether oxygens (including phenoxy) is 2. The largest absolute Gasteiger partial charge is 0.491 e. The summed E-state index contributed by atoms with van der Waals surface area (Å²) in [7, 11) is 0. The molecule has 2 aromatic carbocycles. The number of nitro benzene ring substituents is 1. The number of carbonyl (C=O) groups excluding carboxylic acids is 1. The van der Waals surface area contributed by atoms with Gasteiger partial charge in [-0.1, -0.05) is 17.7 Å². The van der Waals surface area contributed by atoms with Crippen LogP contribution in [0.3, 0.4) is 0 Å². The van der Waals surface area contributed by atoms with E-state index in [1.54, 1.807) is 6.92 Å². The Labute approximate surface area is 152 Å². The zero-order chi connectivity index (χ0) is 19.1. The van der Waals surface area contributed by atoms with Crippen LogP contribution in [0, 0.1) is 24.0 Å². The molecule has 0 aliphatic rings. The van der Waals surface area contributed by atoms with E-state index in [0.29, 0.717) is 13.2 Å². The summed E-state index contributed by atoms with van der Waals surface area (Å²) < 4.78 is 10.9. The van der Waals surface area contributed by atoms with Crippen molar-refractivity contribution in [1.29, 1.82) is 0 Å². The van der Waals surface area contributed by atoms with E-state index in [2.05, 4.69) is 5.32 Å². The molecular weight excluding hydrogens is 336 g/mol. The van der Waals surface area contributed by atoms with Gasteiger partial charge in [-0.2, -0.15) is 0 Å². The second kappa shape index (κ2) is 8.84. The number of amides is 1. The summed E-state index contributed by atoms with van der Waals surface area (Å²) in [6.07, 6.45) is 0. The molecule has 0 heterocycles. The molecule has 1 N–H and O–H groups in total. The molecular formula is C19H22N2O5. The van der Waals surface area contributed by atoms with Crippen LogP contribution in [0.4, 0.5) is 5.69 Å². The van der Waals surface area contributed by atoms with E-state index in [1.165, 1.54) is 18.2 Å². The lowest BCUT2D eigenvalue weighted by atomic mass is 10.1. The maximum absolute atomic E-state index is 12.2. The van der Waals surface area contributed by atoms with E-state index in [4.69, 9.17) is 9.47 Å². The fourth-order valence-corrected chi connectivity index (χ4v) is 2.47. The SMILES string of the molecule is CCOc1ccc(C(=O)NCCOc2ccc(C)cc2C)cc1[N+](=O)[O-]. The molecule has 0 fully saturated rings. The molecule has 0 aromatic heterocycles. The molecule has 0 aliphatic carbocycles. The van der Waals surface area contributed by atoms with E-state index < -0.39 is 10.8 Å². The molecule has 2 rings (SSSR count). The average molecular weight is 358 g/mol. The van der Waals surface area contributed by atoms with Gasteiger partial charge < -0.3 is 14.8 Å². The topological polar surface area (TPSA) is 90.7 Å². The number of nitrogens with one attached hydrogen (secondary N) is 1. The summed E-state index contributed by atoms with van der Waals surface area (Å²) in [5.74, 6) is 0.508. The van der Waals surface area contributed by atoms with Crippen molar-refractivity contribution in [2.24, 2.45) is 0 Å². The maximum Gasteiger partial charge on any atom is 0.311 e. The van der Waals surface area contributed by atoms with E-state index in [-0.39, 0.29) is 23.5 Å². The molecule has 0 atom stereocenters. The molecule has 0 unspecified atom stereocenters. The summed E-state index contributed by atoms with van der Waals surface area (Å²) in [6, 6.07) is 10.0. The van der Waals surface area contributed by atoms with Gasteiger partial charge in [-0.15, -0.1) is 0 Å². The number of rotatable bonds is 8. The first-order valence-electron chi connectivity index (χ1n) is 8.32. The van der Waals surface area contributed by atoms with Crippen LogP contribution in [-0.2, 0) is 0 Å². The Morgan fingerprint density at radius 3 is 2.50 bits per heavy atom. The average Bonchev–Trinajstić information content (AvgIpc) is 2.60. The van der Waals surface area contributed by atoms with Crippen LogP contribution in [-0.4, -0.2) is 30.6 Å². The Morgan fingerprint density at radius 1 is 1.12 bits per heavy atom. The summed E-state index contributed by atoms with van der Waals surface area (Å²) in [5, 5.41) is 13.8. The minimum Gasteiger partial charge on any atom is -0.491 e. The lowest BCUT2D eigenvalue weighted by Crippen LogP contribution is -2.28. The van der Waals surface area contributed by atoms with Crippen molar-refractivity contribution < 1.29 is 19.2 Å². The van der Waals surface area contributed by atoms with Crippen LogP contribution >= 0.6 is 0 Å². The number of nitrogens with zero attached hydrogens (tertiary/aromatic N) is 1. The van der Waals surface area contributed by atoms with Crippen LogP contribution in [0.2, 0.25) is 0 Å². The molecule has 0 saturated carbocycles. The van der Waals surface area contributed by atoms with Gasteiger partial charge in [-0.05, 0) is 44.5 Å². The molecule has 2 aromatic rings. The quantitative estimate of drug-likeness (QED) is 0.443. The number of hydrogen-bond acceptors (Lipinski definition) is 5. The van der Waals surface area contributed by atoms with Crippen LogP contribution in [0.15, 0.2) is 36.4 Å². The minimum absolute atomic E-state index is 0.146. The predicted octanol–water partition coefficient (Wildman–Crippen LogP) is 3.42. The van der Waals surface area contributed by atoms with Crippen molar-refractivity contribution in [3.8, 4) is 11.5 Å². The monoisotopic (exact) mass is 358 g/mol. The van der Waals surface area contributed by atoms with E-state index in [1.807, 2.05) is 32.0 Å². The molecule has 138 valence electrons. The normalized spacial score (nSPS) is 10.3. The van der Waals surface area contributed by atoms with Crippen LogP contribution in [0.5, 0.6) is 11.5 Å². The van der Waals surface area contributed by atoms with Gasteiger partial charge in [0.05, 0.1) is 18.1 Å². The first-order chi connectivity index (χ1) is 12.4. The van der Waals surface area contributed by atoms with Gasteiger partial charge in [0.2, 0.25) is 0 Å². The van der Waals surface area contributed by atoms with Gasteiger partial charge in [0.15, 0.2) is 5.75 Å². The molecule has 0 radical (unpaired) electrons. The van der Waals surface area contributed by atoms with E-state index in [0.717, 1.165) is 16.9 Å². The highest BCUT2D eigenvalue weighted by Crippen LogP contribution is 2.28. The Hall–Kier alpha value is -3.09. The van der Waals surface area contributed by atoms with Crippen molar-refractivity contribution in [1.82, 2.24) is 5.32 Å². The smallest absolute Gasteiger partial charge is 0.311 e. The Kier molecular flexibility index (Phi) is 6.54. The molecule has 7 heteroatoms. The van der Waals surface area contributed by atoms with Crippen molar-refractivity contribution in [2.45, 2.75) is 20.8 Å². The van der Waals surface area contributed by atoms with Crippen molar-refractivity contribution >= 4 is 11.6 Å². The van der Waals surface area contributed by atoms with E-state index in [9.17, 15) is 14.9 Å². The summed E-state index contributed by atoms with van der Waals surface area (Å²) in [5.41, 5.74) is 2.15. The van der Waals surface area contributed by atoms with Gasteiger partial charge in [-0.25, -0.2) is 0 Å². The molecule has 1 amide bonds. The maximum atomic E-state index is 12.2. The second-order valence-electron chi connectivity index (χ2n) is 5.75. The Balaban J connectivity index is 1.93. The predicted molar refractivity (Wildman–Crippen MR) is 98.0 cm³/mol. The zero-order valence-electron chi connectivity index (χ0n) is 15.1. The van der Waals surface area contributed by atoms with E-state index >= 15 is 0 Å². The van der Waals surface area contributed by atoms with Crippen LogP contribution in [0.25, 0.3) is 0 Å². The summed E-state index contributed by atoms with van der Waals surface area (Å²) >= 11 is 0. The highest BCUT2D eigenvalue weighted by atomic mass is 16.6. The number of hydrogen-bond donors (Lipinski definition) is 1. The van der Waals surface area contributed by atoms with Crippen LogP contribution < -0.4 is 14.8 Å². The number of nitro groups is 1. The molecule has 7 nitrogen and oxygen atoms in total. The van der Waals surface area contributed by atoms with Crippen molar-refractivity contribution in [3.05, 3.63) is 63.2 Å². The summed E-state index contributed by atoms with van der Waals surface area (Å²) in [4.78, 5) is 22.7. The molecule has 0 aliphatic heterocycles. The molecule has 0 saturated heterocycles. The van der Waals surface area contributed by atoms with Gasteiger partial charge in [-0.3, -0.25) is 14.9 Å². The Bertz CT molecular complexity index is 805. The highest BCUT2D eigenvalue weighted by molar-refractivity contribution is 5.95. The number of carbonyl (C=O) groups is 1. The van der Waals surface area contributed by atoms with Crippen LogP contribution in [0.1, 0.15) is 28.4 Å². The van der Waals surface area contributed by atoms with Gasteiger partial charge >= 0.3 is 5.69 Å². The lowest BCUT2D eigenvalue weighted by Gasteiger charge is -2.11.